The van der Waals surface area contributed by atoms with Crippen LogP contribution in [-0.2, 0) is 0 Å². The van der Waals surface area contributed by atoms with Gasteiger partial charge in [0, 0.05) is 6.42 Å². The third-order valence-electron chi connectivity index (χ3n) is 1.76. The lowest BCUT2D eigenvalue weighted by molar-refractivity contribution is 0.283. The van der Waals surface area contributed by atoms with Gasteiger partial charge in [-0.15, -0.1) is 0 Å². The Morgan fingerprint density at radius 1 is 1.27 bits per heavy atom. The van der Waals surface area contributed by atoms with Gasteiger partial charge < -0.3 is 15.2 Å². The predicted octanol–water partition coefficient (Wildman–Crippen LogP) is 2.14. The highest BCUT2D eigenvalue weighted by molar-refractivity contribution is 7.80. The molecule has 1 rings (SSSR count). The van der Waals surface area contributed by atoms with Crippen molar-refractivity contribution in [1.82, 2.24) is 0 Å². The second kappa shape index (κ2) is 6.24. The Morgan fingerprint density at radius 3 is 2.40 bits per heavy atom. The first-order valence-corrected chi connectivity index (χ1v) is 5.27. The molecule has 1 aromatic carbocycles. The summed E-state index contributed by atoms with van der Waals surface area (Å²) in [6.07, 6.45) is 0.579. The average Bonchev–Trinajstić information content (AvgIpc) is 2.20. The van der Waals surface area contributed by atoms with E-state index >= 15 is 0 Å². The first-order valence-electron chi connectivity index (χ1n) is 4.87. The van der Waals surface area contributed by atoms with Crippen LogP contribution in [0.25, 0.3) is 0 Å². The van der Waals surface area contributed by atoms with Gasteiger partial charge in [-0.1, -0.05) is 24.4 Å². The third kappa shape index (κ3) is 4.16. The summed E-state index contributed by atoms with van der Waals surface area (Å²) in [6, 6.07) is 7.55. The average molecular weight is 225 g/mol. The molecule has 0 aliphatic rings. The minimum Gasteiger partial charge on any atom is -0.490 e. The van der Waals surface area contributed by atoms with E-state index in [9.17, 15) is 0 Å². The molecule has 4 heteroatoms. The van der Waals surface area contributed by atoms with Crippen molar-refractivity contribution in [3.05, 3.63) is 24.3 Å². The molecule has 0 aliphatic carbocycles. The molecule has 82 valence electrons. The summed E-state index contributed by atoms with van der Waals surface area (Å²) in [7, 11) is 0. The van der Waals surface area contributed by atoms with Gasteiger partial charge >= 0.3 is 0 Å². The molecule has 2 N–H and O–H groups in total. The molecule has 0 unspecified atom stereocenters. The zero-order valence-electron chi connectivity index (χ0n) is 8.73. The van der Waals surface area contributed by atoms with Gasteiger partial charge in [0.15, 0.2) is 11.5 Å². The predicted molar refractivity (Wildman–Crippen MR) is 64.5 cm³/mol. The molecular formula is C11H15NO2S. The molecule has 0 fully saturated rings. The molecule has 0 bridgehead atoms. The van der Waals surface area contributed by atoms with Crippen molar-refractivity contribution in [3.8, 4) is 11.5 Å². The van der Waals surface area contributed by atoms with Crippen LogP contribution in [0.5, 0.6) is 11.5 Å². The van der Waals surface area contributed by atoms with Crippen LogP contribution in [0.1, 0.15) is 13.3 Å². The van der Waals surface area contributed by atoms with Gasteiger partial charge in [0.1, 0.15) is 0 Å². The molecular weight excluding hydrogens is 210 g/mol. The van der Waals surface area contributed by atoms with Gasteiger partial charge in [-0.05, 0) is 19.1 Å². The summed E-state index contributed by atoms with van der Waals surface area (Å²) in [6.45, 7) is 3.04. The van der Waals surface area contributed by atoms with E-state index in [0.717, 1.165) is 11.5 Å². The van der Waals surface area contributed by atoms with Gasteiger partial charge in [-0.25, -0.2) is 0 Å². The van der Waals surface area contributed by atoms with Crippen LogP contribution in [-0.4, -0.2) is 18.2 Å². The second-order valence-corrected chi connectivity index (χ2v) is 3.47. The Kier molecular flexibility index (Phi) is 4.90. The van der Waals surface area contributed by atoms with E-state index < -0.39 is 0 Å². The summed E-state index contributed by atoms with van der Waals surface area (Å²) in [4.78, 5) is 0.462. The van der Waals surface area contributed by atoms with Crippen molar-refractivity contribution in [2.45, 2.75) is 13.3 Å². The van der Waals surface area contributed by atoms with Crippen LogP contribution in [0.4, 0.5) is 0 Å². The molecule has 0 saturated heterocycles. The number of ether oxygens (including phenoxy) is 2. The fourth-order valence-corrected chi connectivity index (χ4v) is 1.19. The first kappa shape index (κ1) is 11.8. The van der Waals surface area contributed by atoms with Gasteiger partial charge in [0.05, 0.1) is 18.2 Å². The van der Waals surface area contributed by atoms with Crippen molar-refractivity contribution >= 4 is 17.2 Å². The number of hydrogen-bond donors (Lipinski definition) is 1. The van der Waals surface area contributed by atoms with Gasteiger partial charge in [0.25, 0.3) is 0 Å². The first-order chi connectivity index (χ1) is 7.24. The fraction of sp³-hybridized carbons (Fsp3) is 0.364. The van der Waals surface area contributed by atoms with Crippen molar-refractivity contribution in [2.75, 3.05) is 13.2 Å². The quantitative estimate of drug-likeness (QED) is 0.753. The molecule has 0 aromatic heterocycles. The molecule has 15 heavy (non-hydrogen) atoms. The van der Waals surface area contributed by atoms with E-state index in [4.69, 9.17) is 27.4 Å². The van der Waals surface area contributed by atoms with E-state index in [2.05, 4.69) is 0 Å². The topological polar surface area (TPSA) is 44.5 Å². The molecule has 1 aromatic rings. The normalized spacial score (nSPS) is 9.67. The fourth-order valence-electron chi connectivity index (χ4n) is 1.11. The lowest BCUT2D eigenvalue weighted by Gasteiger charge is -2.10. The van der Waals surface area contributed by atoms with E-state index in [1.165, 1.54) is 0 Å². The number of benzene rings is 1. The lowest BCUT2D eigenvalue weighted by Crippen LogP contribution is -2.12. The molecule has 3 nitrogen and oxygen atoms in total. The summed E-state index contributed by atoms with van der Waals surface area (Å²) in [5.41, 5.74) is 5.37. The summed E-state index contributed by atoms with van der Waals surface area (Å²) < 4.78 is 10.9. The maximum atomic E-state index is 5.51. The molecule has 0 heterocycles. The number of nitrogens with two attached hydrogens (primary N) is 1. The Morgan fingerprint density at radius 2 is 1.87 bits per heavy atom. The number of hydrogen-bond acceptors (Lipinski definition) is 3. The smallest absolute Gasteiger partial charge is 0.161 e. The standard InChI is InChI=1S/C11H15NO2S/c1-2-13-9-5-3-4-6-10(9)14-8-7-11(12)15/h3-6H,2,7-8H2,1H3,(H2,12,15). The van der Waals surface area contributed by atoms with Crippen LogP contribution in [0, 0.1) is 0 Å². The molecule has 0 atom stereocenters. The molecule has 0 saturated carbocycles. The SMILES string of the molecule is CCOc1ccccc1OCCC(N)=S. The highest BCUT2D eigenvalue weighted by atomic mass is 32.1. The van der Waals surface area contributed by atoms with E-state index in [0.29, 0.717) is 24.6 Å². The van der Waals surface area contributed by atoms with E-state index in [-0.39, 0.29) is 0 Å². The van der Waals surface area contributed by atoms with Crippen LogP contribution in [0.15, 0.2) is 24.3 Å². The highest BCUT2D eigenvalue weighted by Crippen LogP contribution is 2.26. The summed E-state index contributed by atoms with van der Waals surface area (Å²) >= 11 is 4.76. The van der Waals surface area contributed by atoms with Crippen LogP contribution in [0.2, 0.25) is 0 Å². The van der Waals surface area contributed by atoms with Gasteiger partial charge in [-0.2, -0.15) is 0 Å². The zero-order chi connectivity index (χ0) is 11.1. The maximum Gasteiger partial charge on any atom is 0.161 e. The largest absolute Gasteiger partial charge is 0.490 e. The van der Waals surface area contributed by atoms with Crippen molar-refractivity contribution in [2.24, 2.45) is 5.73 Å². The van der Waals surface area contributed by atoms with Crippen LogP contribution >= 0.6 is 12.2 Å². The number of rotatable bonds is 6. The molecule has 0 amide bonds. The summed E-state index contributed by atoms with van der Waals surface area (Å²) in [5.74, 6) is 1.48. The molecule has 0 spiro atoms. The van der Waals surface area contributed by atoms with Gasteiger partial charge in [0.2, 0.25) is 0 Å². The number of thiocarbonyl (C=S) groups is 1. The van der Waals surface area contributed by atoms with Crippen LogP contribution < -0.4 is 15.2 Å². The van der Waals surface area contributed by atoms with E-state index in [1.807, 2.05) is 31.2 Å². The highest BCUT2D eigenvalue weighted by Gasteiger charge is 2.02. The molecule has 0 aliphatic heterocycles. The minimum atomic E-state index is 0.462. The van der Waals surface area contributed by atoms with Crippen molar-refractivity contribution in [3.63, 3.8) is 0 Å². The molecule has 0 radical (unpaired) electrons. The minimum absolute atomic E-state index is 0.462. The van der Waals surface area contributed by atoms with Crippen molar-refractivity contribution < 1.29 is 9.47 Å². The monoisotopic (exact) mass is 225 g/mol. The van der Waals surface area contributed by atoms with Crippen LogP contribution in [0.3, 0.4) is 0 Å². The Bertz CT molecular complexity index is 328. The number of para-hydroxylation sites is 2. The Balaban J connectivity index is 2.55. The van der Waals surface area contributed by atoms with E-state index in [1.54, 1.807) is 0 Å². The zero-order valence-corrected chi connectivity index (χ0v) is 9.55. The Labute approximate surface area is 95.2 Å². The second-order valence-electron chi connectivity index (χ2n) is 2.94. The third-order valence-corrected chi connectivity index (χ3v) is 1.96. The van der Waals surface area contributed by atoms with Gasteiger partial charge in [-0.3, -0.25) is 0 Å². The summed E-state index contributed by atoms with van der Waals surface area (Å²) in [5, 5.41) is 0. The maximum absolute atomic E-state index is 5.51. The van der Waals surface area contributed by atoms with Crippen molar-refractivity contribution in [1.29, 1.82) is 0 Å². The lowest BCUT2D eigenvalue weighted by atomic mass is 10.3. The Hall–Kier alpha value is -1.29.